The van der Waals surface area contributed by atoms with Crippen LogP contribution in [0.2, 0.25) is 0 Å². The molecule has 14 heteroatoms. The number of rotatable bonds is 6. The van der Waals surface area contributed by atoms with E-state index in [2.05, 4.69) is 20.0 Å². The molecule has 0 saturated carbocycles. The highest BCUT2D eigenvalue weighted by molar-refractivity contribution is 7.17. The number of amides is 2. The minimum atomic E-state index is -4.80. The molecule has 8 nitrogen and oxygen atoms in total. The van der Waals surface area contributed by atoms with Gasteiger partial charge < -0.3 is 19.5 Å². The van der Waals surface area contributed by atoms with E-state index in [1.54, 1.807) is 6.07 Å². The molecule has 2 amide bonds. The van der Waals surface area contributed by atoms with Gasteiger partial charge in [0, 0.05) is 18.7 Å². The van der Waals surface area contributed by atoms with Gasteiger partial charge in [0.1, 0.15) is 0 Å². The van der Waals surface area contributed by atoms with Gasteiger partial charge in [-0.25, -0.2) is 0 Å². The van der Waals surface area contributed by atoms with E-state index in [0.717, 1.165) is 28.4 Å². The Labute approximate surface area is 198 Å². The van der Waals surface area contributed by atoms with Gasteiger partial charge in [-0.2, -0.15) is 26.9 Å². The molecule has 4 rings (SSSR count). The number of aromatic nitrogens is 2. The average Bonchev–Trinajstić information content (AvgIpc) is 3.53. The van der Waals surface area contributed by atoms with Crippen LogP contribution in [-0.4, -0.2) is 59.2 Å². The first-order chi connectivity index (χ1) is 16.6. The lowest BCUT2D eigenvalue weighted by Crippen LogP contribution is -2.56. The van der Waals surface area contributed by atoms with Crippen molar-refractivity contribution in [1.82, 2.24) is 20.4 Å². The SMILES string of the molecule is O=C(NC[C@H]1COCCN1C(=O)C(F)(F)c1ccccc1)c1ccc(-c2noc(C(F)(F)F)n2)s1. The van der Waals surface area contributed by atoms with E-state index in [9.17, 15) is 31.5 Å². The Hall–Kier alpha value is -3.39. The summed E-state index contributed by atoms with van der Waals surface area (Å²) in [5.41, 5.74) is -0.444. The van der Waals surface area contributed by atoms with E-state index in [4.69, 9.17) is 4.74 Å². The van der Waals surface area contributed by atoms with Crippen molar-refractivity contribution in [2.75, 3.05) is 26.3 Å². The molecule has 0 bridgehead atoms. The number of benzene rings is 1. The second-order valence-corrected chi connectivity index (χ2v) is 8.55. The number of nitrogens with one attached hydrogen (secondary N) is 1. The summed E-state index contributed by atoms with van der Waals surface area (Å²) in [5.74, 6) is -7.62. The zero-order valence-electron chi connectivity index (χ0n) is 17.7. The van der Waals surface area contributed by atoms with Crippen molar-refractivity contribution in [2.45, 2.75) is 18.1 Å². The highest BCUT2D eigenvalue weighted by Crippen LogP contribution is 2.33. The molecule has 1 saturated heterocycles. The van der Waals surface area contributed by atoms with Gasteiger partial charge in [0.25, 0.3) is 11.8 Å². The molecule has 1 N–H and O–H groups in total. The maximum atomic E-state index is 14.8. The van der Waals surface area contributed by atoms with Crippen LogP contribution in [-0.2, 0) is 21.6 Å². The lowest BCUT2D eigenvalue weighted by Gasteiger charge is -2.37. The van der Waals surface area contributed by atoms with Gasteiger partial charge in [-0.1, -0.05) is 35.5 Å². The summed E-state index contributed by atoms with van der Waals surface area (Å²) in [6, 6.07) is 8.54. The van der Waals surface area contributed by atoms with Crippen LogP contribution >= 0.6 is 11.3 Å². The van der Waals surface area contributed by atoms with Crippen LogP contribution in [0.1, 0.15) is 21.1 Å². The van der Waals surface area contributed by atoms with E-state index in [1.165, 1.54) is 24.3 Å². The molecule has 3 aromatic rings. The minimum absolute atomic E-state index is 0.0599. The first-order valence-electron chi connectivity index (χ1n) is 10.2. The number of morpholine rings is 1. The Morgan fingerprint density at radius 3 is 2.54 bits per heavy atom. The van der Waals surface area contributed by atoms with Crippen molar-refractivity contribution in [3.05, 3.63) is 58.8 Å². The Balaban J connectivity index is 1.41. The lowest BCUT2D eigenvalue weighted by molar-refractivity contribution is -0.167. The zero-order chi connectivity index (χ0) is 25.2. The number of carbonyl (C=O) groups is 2. The fourth-order valence-electron chi connectivity index (χ4n) is 3.36. The van der Waals surface area contributed by atoms with Gasteiger partial charge in [0.15, 0.2) is 0 Å². The van der Waals surface area contributed by atoms with Crippen LogP contribution in [0.15, 0.2) is 47.0 Å². The summed E-state index contributed by atoms with van der Waals surface area (Å²) >= 11 is 0.817. The van der Waals surface area contributed by atoms with Crippen molar-refractivity contribution >= 4 is 23.2 Å². The van der Waals surface area contributed by atoms with Crippen LogP contribution in [0, 0.1) is 0 Å². The quantitative estimate of drug-likeness (QED) is 0.504. The summed E-state index contributed by atoms with van der Waals surface area (Å²) in [6.07, 6.45) is -4.80. The largest absolute Gasteiger partial charge is 0.471 e. The molecule has 35 heavy (non-hydrogen) atoms. The van der Waals surface area contributed by atoms with Gasteiger partial charge in [0.05, 0.1) is 29.0 Å². The topological polar surface area (TPSA) is 97.6 Å². The number of hydrogen-bond acceptors (Lipinski definition) is 7. The van der Waals surface area contributed by atoms with Gasteiger partial charge in [0.2, 0.25) is 5.82 Å². The highest BCUT2D eigenvalue weighted by Gasteiger charge is 2.46. The third kappa shape index (κ3) is 5.32. The third-order valence-corrected chi connectivity index (χ3v) is 6.19. The second-order valence-electron chi connectivity index (χ2n) is 7.46. The Morgan fingerprint density at radius 1 is 1.11 bits per heavy atom. The van der Waals surface area contributed by atoms with Crippen molar-refractivity contribution in [3.63, 3.8) is 0 Å². The van der Waals surface area contributed by atoms with Crippen LogP contribution < -0.4 is 5.32 Å². The molecule has 1 atom stereocenters. The van der Waals surface area contributed by atoms with Gasteiger partial charge in [-0.05, 0) is 12.1 Å². The van der Waals surface area contributed by atoms with Crippen LogP contribution in [0.3, 0.4) is 0 Å². The number of halogens is 5. The highest BCUT2D eigenvalue weighted by atomic mass is 32.1. The molecule has 1 aliphatic heterocycles. The van der Waals surface area contributed by atoms with Gasteiger partial charge >= 0.3 is 18.0 Å². The molecule has 3 heterocycles. The number of carbonyl (C=O) groups excluding carboxylic acids is 2. The number of nitrogens with zero attached hydrogens (tertiary/aromatic N) is 3. The van der Waals surface area contributed by atoms with Crippen molar-refractivity contribution < 1.29 is 40.8 Å². The van der Waals surface area contributed by atoms with Crippen LogP contribution in [0.25, 0.3) is 10.7 Å². The lowest BCUT2D eigenvalue weighted by atomic mass is 10.1. The van der Waals surface area contributed by atoms with E-state index >= 15 is 0 Å². The van der Waals surface area contributed by atoms with E-state index < -0.39 is 41.4 Å². The molecule has 0 radical (unpaired) electrons. The van der Waals surface area contributed by atoms with Crippen molar-refractivity contribution in [1.29, 1.82) is 0 Å². The van der Waals surface area contributed by atoms with Crippen molar-refractivity contribution in [2.24, 2.45) is 0 Å². The summed E-state index contributed by atoms with van der Waals surface area (Å²) in [7, 11) is 0. The van der Waals surface area contributed by atoms with E-state index in [0.29, 0.717) is 0 Å². The molecule has 2 aromatic heterocycles. The number of ether oxygens (including phenoxy) is 1. The Bertz CT molecular complexity index is 1200. The van der Waals surface area contributed by atoms with Crippen LogP contribution in [0.5, 0.6) is 0 Å². The van der Waals surface area contributed by atoms with Gasteiger partial charge in [-0.15, -0.1) is 11.3 Å². The number of hydrogen-bond donors (Lipinski definition) is 1. The fourth-order valence-corrected chi connectivity index (χ4v) is 4.21. The van der Waals surface area contributed by atoms with Crippen LogP contribution in [0.4, 0.5) is 22.0 Å². The Morgan fingerprint density at radius 2 is 1.86 bits per heavy atom. The predicted molar refractivity (Wildman–Crippen MR) is 112 cm³/mol. The number of alkyl halides is 5. The summed E-state index contributed by atoms with van der Waals surface area (Å²) in [4.78, 5) is 29.8. The van der Waals surface area contributed by atoms with Crippen molar-refractivity contribution in [3.8, 4) is 10.7 Å². The number of thiophene rings is 1. The monoisotopic (exact) mass is 516 g/mol. The normalized spacial score (nSPS) is 16.8. The maximum absolute atomic E-state index is 14.8. The summed E-state index contributed by atoms with van der Waals surface area (Å²) in [5, 5.41) is 5.81. The molecule has 0 aliphatic carbocycles. The minimum Gasteiger partial charge on any atom is -0.377 e. The molecular weight excluding hydrogens is 499 g/mol. The molecule has 0 unspecified atom stereocenters. The first-order valence-corrected chi connectivity index (χ1v) is 11.0. The zero-order valence-corrected chi connectivity index (χ0v) is 18.5. The summed E-state index contributed by atoms with van der Waals surface area (Å²) < 4.78 is 77.0. The first kappa shape index (κ1) is 24.7. The van der Waals surface area contributed by atoms with Gasteiger partial charge in [-0.3, -0.25) is 9.59 Å². The predicted octanol–water partition coefficient (Wildman–Crippen LogP) is 3.57. The molecule has 0 spiro atoms. The maximum Gasteiger partial charge on any atom is 0.471 e. The summed E-state index contributed by atoms with van der Waals surface area (Å²) in [6.45, 7) is -0.247. The Kier molecular flexibility index (Phi) is 6.85. The molecule has 186 valence electrons. The average molecular weight is 516 g/mol. The molecule has 1 aliphatic rings. The van der Waals surface area contributed by atoms with E-state index in [-0.39, 0.29) is 41.9 Å². The fraction of sp³-hybridized carbons (Fsp3) is 0.333. The second kappa shape index (κ2) is 9.70. The molecule has 1 aromatic carbocycles. The smallest absolute Gasteiger partial charge is 0.377 e. The third-order valence-electron chi connectivity index (χ3n) is 5.11. The molecule has 1 fully saturated rings. The van der Waals surface area contributed by atoms with E-state index in [1.807, 2.05) is 0 Å². The standard InChI is InChI=1S/C21H17F5N4O4S/c22-20(23,12-4-2-1-3-5-12)19(32)30-8-9-33-11-13(30)10-27-17(31)15-7-6-14(35-15)16-28-18(34-29-16)21(24,25)26/h1-7,13H,8-11H2,(H,27,31)/t13-/m0/s1. The molecular formula is C21H17F5N4O4S.